The number of carbonyl (C=O) groups is 2. The number of sulfonamides is 1. The van der Waals surface area contributed by atoms with Gasteiger partial charge in [0, 0.05) is 13.0 Å². The van der Waals surface area contributed by atoms with E-state index in [-0.39, 0.29) is 17.9 Å². The van der Waals surface area contributed by atoms with E-state index < -0.39 is 34.0 Å². The molecule has 1 saturated heterocycles. The van der Waals surface area contributed by atoms with Crippen LogP contribution in [0.15, 0.2) is 65.6 Å². The van der Waals surface area contributed by atoms with Crippen molar-refractivity contribution < 1.29 is 23.1 Å². The van der Waals surface area contributed by atoms with Gasteiger partial charge in [0.1, 0.15) is 12.1 Å². The van der Waals surface area contributed by atoms with Crippen LogP contribution in [-0.4, -0.2) is 48.3 Å². The summed E-state index contributed by atoms with van der Waals surface area (Å²) in [4.78, 5) is 24.5. The molecule has 1 fully saturated rings. The van der Waals surface area contributed by atoms with Crippen LogP contribution in [0, 0.1) is 0 Å². The van der Waals surface area contributed by atoms with Crippen molar-refractivity contribution in [1.82, 2.24) is 9.62 Å². The van der Waals surface area contributed by atoms with Gasteiger partial charge in [0.2, 0.25) is 15.9 Å². The van der Waals surface area contributed by atoms with Crippen molar-refractivity contribution in [3.8, 4) is 0 Å². The van der Waals surface area contributed by atoms with Gasteiger partial charge in [-0.3, -0.25) is 4.79 Å². The summed E-state index contributed by atoms with van der Waals surface area (Å²) in [6, 6.07) is 14.9. The number of carbonyl (C=O) groups excluding carboxylic acids is 1. The minimum Gasteiger partial charge on any atom is -0.480 e. The van der Waals surface area contributed by atoms with E-state index in [1.54, 1.807) is 42.5 Å². The summed E-state index contributed by atoms with van der Waals surface area (Å²) in [5.74, 6) is -1.74. The highest BCUT2D eigenvalue weighted by Gasteiger charge is 2.40. The number of hydrogen-bond donors (Lipinski definition) is 2. The smallest absolute Gasteiger partial charge is 0.326 e. The molecule has 7 nitrogen and oxygen atoms in total. The zero-order valence-corrected chi connectivity index (χ0v) is 16.0. The molecule has 1 heterocycles. The molecule has 8 heteroatoms. The lowest BCUT2D eigenvalue weighted by Gasteiger charge is -2.25. The maximum Gasteiger partial charge on any atom is 0.326 e. The van der Waals surface area contributed by atoms with Gasteiger partial charge >= 0.3 is 5.97 Å². The van der Waals surface area contributed by atoms with Gasteiger partial charge in [0.05, 0.1) is 4.90 Å². The summed E-state index contributed by atoms with van der Waals surface area (Å²) in [5.41, 5.74) is 0.774. The van der Waals surface area contributed by atoms with E-state index in [9.17, 15) is 23.1 Å². The van der Waals surface area contributed by atoms with Crippen LogP contribution >= 0.6 is 0 Å². The number of carboxylic acids is 1. The first-order valence-electron chi connectivity index (χ1n) is 9.03. The fourth-order valence-electron chi connectivity index (χ4n) is 3.34. The van der Waals surface area contributed by atoms with Crippen LogP contribution in [0.2, 0.25) is 0 Å². The number of carboxylic acid groups (broad SMARTS) is 1. The molecule has 3 rings (SSSR count). The maximum atomic E-state index is 12.9. The average Bonchev–Trinajstić information content (AvgIpc) is 3.20. The highest BCUT2D eigenvalue weighted by atomic mass is 32.2. The zero-order chi connectivity index (χ0) is 20.1. The Balaban J connectivity index is 1.76. The Morgan fingerprint density at radius 2 is 1.68 bits per heavy atom. The number of nitrogens with one attached hydrogen (secondary N) is 1. The Morgan fingerprint density at radius 3 is 2.29 bits per heavy atom. The maximum absolute atomic E-state index is 12.9. The topological polar surface area (TPSA) is 104 Å². The molecule has 1 aliphatic rings. The second-order valence-electron chi connectivity index (χ2n) is 6.68. The number of aliphatic carboxylic acids is 1. The van der Waals surface area contributed by atoms with Crippen LogP contribution < -0.4 is 5.32 Å². The summed E-state index contributed by atoms with van der Waals surface area (Å²) in [7, 11) is -3.82. The highest BCUT2D eigenvalue weighted by Crippen LogP contribution is 2.26. The molecule has 1 amide bonds. The summed E-state index contributed by atoms with van der Waals surface area (Å²) in [5, 5.41) is 12.0. The summed E-state index contributed by atoms with van der Waals surface area (Å²) in [6.07, 6.45) is 1.02. The van der Waals surface area contributed by atoms with Gasteiger partial charge in [-0.2, -0.15) is 4.31 Å². The SMILES string of the molecule is O=C(O)C(Cc1ccccc1)NC(=O)[C@@H]1CCCN1S(=O)(=O)c1ccccc1. The minimum atomic E-state index is -3.82. The Morgan fingerprint density at radius 1 is 1.07 bits per heavy atom. The van der Waals surface area contributed by atoms with Crippen LogP contribution in [-0.2, 0) is 26.0 Å². The predicted octanol–water partition coefficient (Wildman–Crippen LogP) is 1.65. The number of hydrogen-bond acceptors (Lipinski definition) is 4. The Labute approximate surface area is 164 Å². The molecule has 0 radical (unpaired) electrons. The summed E-state index contributed by atoms with van der Waals surface area (Å²) in [6.45, 7) is 0.228. The first kappa shape index (κ1) is 20.0. The van der Waals surface area contributed by atoms with E-state index in [1.165, 1.54) is 16.4 Å². The molecule has 0 saturated carbocycles. The third kappa shape index (κ3) is 4.40. The van der Waals surface area contributed by atoms with Crippen molar-refractivity contribution in [2.45, 2.75) is 36.2 Å². The van der Waals surface area contributed by atoms with Crippen molar-refractivity contribution in [3.63, 3.8) is 0 Å². The van der Waals surface area contributed by atoms with E-state index in [1.807, 2.05) is 6.07 Å². The molecule has 1 aliphatic heterocycles. The van der Waals surface area contributed by atoms with Crippen LogP contribution in [0.3, 0.4) is 0 Å². The fourth-order valence-corrected chi connectivity index (χ4v) is 5.01. The standard InChI is InChI=1S/C20H22N2O5S/c23-19(21-17(20(24)25)14-15-8-3-1-4-9-15)18-12-7-13-22(18)28(26,27)16-10-5-2-6-11-16/h1-6,8-11,17-18H,7,12-14H2,(H,21,23)(H,24,25)/t17?,18-/m0/s1. The van der Waals surface area contributed by atoms with Gasteiger partial charge in [-0.15, -0.1) is 0 Å². The molecule has 0 bridgehead atoms. The largest absolute Gasteiger partial charge is 0.480 e. The normalized spacial score (nSPS) is 18.5. The number of amides is 1. The molecule has 2 aromatic rings. The molecule has 2 aromatic carbocycles. The molecule has 148 valence electrons. The highest BCUT2D eigenvalue weighted by molar-refractivity contribution is 7.89. The lowest BCUT2D eigenvalue weighted by atomic mass is 10.1. The Bertz CT molecular complexity index is 932. The van der Waals surface area contributed by atoms with Crippen LogP contribution in [0.1, 0.15) is 18.4 Å². The predicted molar refractivity (Wildman–Crippen MR) is 103 cm³/mol. The minimum absolute atomic E-state index is 0.119. The Kier molecular flexibility index (Phi) is 6.11. The molecule has 28 heavy (non-hydrogen) atoms. The van der Waals surface area contributed by atoms with Gasteiger partial charge in [-0.1, -0.05) is 48.5 Å². The van der Waals surface area contributed by atoms with Gasteiger partial charge in [0.15, 0.2) is 0 Å². The van der Waals surface area contributed by atoms with Gasteiger partial charge < -0.3 is 10.4 Å². The molecule has 0 spiro atoms. The molecule has 2 atom stereocenters. The first-order chi connectivity index (χ1) is 13.4. The average molecular weight is 402 g/mol. The van der Waals surface area contributed by atoms with E-state index in [0.717, 1.165) is 5.56 Å². The second kappa shape index (κ2) is 8.53. The zero-order valence-electron chi connectivity index (χ0n) is 15.2. The fraction of sp³-hybridized carbons (Fsp3) is 0.300. The van der Waals surface area contributed by atoms with Crippen molar-refractivity contribution in [2.75, 3.05) is 6.54 Å². The molecule has 2 N–H and O–H groups in total. The number of nitrogens with zero attached hydrogens (tertiary/aromatic N) is 1. The summed E-state index contributed by atoms with van der Waals surface area (Å²) >= 11 is 0. The molecule has 0 aliphatic carbocycles. The first-order valence-corrected chi connectivity index (χ1v) is 10.5. The van der Waals surface area contributed by atoms with Gasteiger partial charge in [0.25, 0.3) is 0 Å². The van der Waals surface area contributed by atoms with E-state index in [0.29, 0.717) is 12.8 Å². The Hall–Kier alpha value is -2.71. The van der Waals surface area contributed by atoms with Crippen molar-refractivity contribution >= 4 is 21.9 Å². The quantitative estimate of drug-likeness (QED) is 0.733. The van der Waals surface area contributed by atoms with Crippen molar-refractivity contribution in [3.05, 3.63) is 66.2 Å². The molecule has 0 aromatic heterocycles. The van der Waals surface area contributed by atoms with Crippen molar-refractivity contribution in [1.29, 1.82) is 0 Å². The molecular formula is C20H22N2O5S. The van der Waals surface area contributed by atoms with Crippen LogP contribution in [0.5, 0.6) is 0 Å². The van der Waals surface area contributed by atoms with E-state index in [2.05, 4.69) is 5.32 Å². The monoisotopic (exact) mass is 402 g/mol. The number of rotatable bonds is 7. The number of benzene rings is 2. The van der Waals surface area contributed by atoms with Crippen LogP contribution in [0.4, 0.5) is 0 Å². The third-order valence-electron chi connectivity index (χ3n) is 4.75. The van der Waals surface area contributed by atoms with Crippen molar-refractivity contribution in [2.24, 2.45) is 0 Å². The van der Waals surface area contributed by atoms with E-state index in [4.69, 9.17) is 0 Å². The second-order valence-corrected chi connectivity index (χ2v) is 8.57. The lowest BCUT2D eigenvalue weighted by molar-refractivity contribution is -0.142. The lowest BCUT2D eigenvalue weighted by Crippen LogP contribution is -2.51. The van der Waals surface area contributed by atoms with Gasteiger partial charge in [-0.25, -0.2) is 13.2 Å². The third-order valence-corrected chi connectivity index (χ3v) is 6.68. The summed E-state index contributed by atoms with van der Waals surface area (Å²) < 4.78 is 26.9. The van der Waals surface area contributed by atoms with Crippen LogP contribution in [0.25, 0.3) is 0 Å². The van der Waals surface area contributed by atoms with E-state index >= 15 is 0 Å². The molecule has 1 unspecified atom stereocenters. The molecular weight excluding hydrogens is 380 g/mol. The van der Waals surface area contributed by atoms with Gasteiger partial charge in [-0.05, 0) is 30.5 Å².